The van der Waals surface area contributed by atoms with Crippen LogP contribution in [0.2, 0.25) is 0 Å². The number of nitrogens with two attached hydrogens (primary N) is 1. The summed E-state index contributed by atoms with van der Waals surface area (Å²) >= 11 is 1.28. The van der Waals surface area contributed by atoms with Gasteiger partial charge < -0.3 is 16.4 Å². The number of amides is 2. The molecule has 0 spiro atoms. The molecule has 0 atom stereocenters. The van der Waals surface area contributed by atoms with E-state index in [1.54, 1.807) is 5.38 Å². The fourth-order valence-corrected chi connectivity index (χ4v) is 2.23. The van der Waals surface area contributed by atoms with E-state index in [2.05, 4.69) is 15.6 Å². The first-order chi connectivity index (χ1) is 10.1. The second-order valence-electron chi connectivity index (χ2n) is 4.39. The molecule has 6 nitrogen and oxygen atoms in total. The largest absolute Gasteiger partial charge is 0.375 e. The highest BCUT2D eigenvalue weighted by Gasteiger charge is 2.08. The Balaban J connectivity index is 1.67. The molecular weight excluding hydrogens is 288 g/mol. The zero-order chi connectivity index (χ0) is 15.1. The van der Waals surface area contributed by atoms with Crippen molar-refractivity contribution in [2.75, 3.05) is 12.3 Å². The minimum Gasteiger partial charge on any atom is -0.375 e. The third-order valence-corrected chi connectivity index (χ3v) is 3.41. The molecule has 0 aliphatic carbocycles. The zero-order valence-corrected chi connectivity index (χ0v) is 12.2. The summed E-state index contributed by atoms with van der Waals surface area (Å²) in [6.45, 7) is 0.392. The quantitative estimate of drug-likeness (QED) is 0.732. The highest BCUT2D eigenvalue weighted by molar-refractivity contribution is 7.13. The average Bonchev–Trinajstić information content (AvgIpc) is 2.89. The Morgan fingerprint density at radius 1 is 1.14 bits per heavy atom. The van der Waals surface area contributed by atoms with Gasteiger partial charge in [0.15, 0.2) is 5.13 Å². The molecule has 0 aliphatic heterocycles. The molecule has 2 amide bonds. The van der Waals surface area contributed by atoms with Gasteiger partial charge in [-0.3, -0.25) is 9.59 Å². The van der Waals surface area contributed by atoms with Gasteiger partial charge in [-0.2, -0.15) is 0 Å². The summed E-state index contributed by atoms with van der Waals surface area (Å²) in [7, 11) is 0. The van der Waals surface area contributed by atoms with Crippen molar-refractivity contribution in [3.63, 3.8) is 0 Å². The van der Waals surface area contributed by atoms with E-state index in [-0.39, 0.29) is 24.8 Å². The van der Waals surface area contributed by atoms with E-state index in [9.17, 15) is 9.59 Å². The minimum absolute atomic E-state index is 0.0503. The van der Waals surface area contributed by atoms with Crippen LogP contribution < -0.4 is 16.4 Å². The van der Waals surface area contributed by atoms with Gasteiger partial charge >= 0.3 is 0 Å². The third kappa shape index (κ3) is 5.23. The molecule has 110 valence electrons. The first kappa shape index (κ1) is 15.0. The number of nitrogens with zero attached hydrogens (tertiary/aromatic N) is 1. The second-order valence-corrected chi connectivity index (χ2v) is 5.28. The smallest absolute Gasteiger partial charge is 0.239 e. The lowest BCUT2D eigenvalue weighted by atomic mass is 10.2. The molecule has 0 fully saturated rings. The summed E-state index contributed by atoms with van der Waals surface area (Å²) in [6.07, 6.45) is 0.125. The van der Waals surface area contributed by atoms with Gasteiger partial charge in [-0.15, -0.1) is 11.3 Å². The molecule has 1 aromatic carbocycles. The van der Waals surface area contributed by atoms with E-state index in [1.165, 1.54) is 11.3 Å². The molecule has 0 bridgehead atoms. The Labute approximate surface area is 126 Å². The number of hydrogen-bond acceptors (Lipinski definition) is 5. The first-order valence-corrected chi connectivity index (χ1v) is 7.28. The number of rotatable bonds is 6. The van der Waals surface area contributed by atoms with Crippen LogP contribution in [0.25, 0.3) is 0 Å². The average molecular weight is 304 g/mol. The van der Waals surface area contributed by atoms with Crippen LogP contribution in [0.15, 0.2) is 35.7 Å². The number of thiazole rings is 1. The molecule has 2 aromatic rings. The number of carbonyl (C=O) groups is 2. The van der Waals surface area contributed by atoms with E-state index in [1.807, 2.05) is 30.3 Å². The monoisotopic (exact) mass is 304 g/mol. The van der Waals surface area contributed by atoms with Crippen molar-refractivity contribution < 1.29 is 9.59 Å². The predicted octanol–water partition coefficient (Wildman–Crippen LogP) is 0.700. The summed E-state index contributed by atoms with van der Waals surface area (Å²) in [5.74, 6) is -0.486. The standard InChI is InChI=1S/C14H16N4O2S/c15-14-18-11(9-21-14)6-12(19)17-8-13(20)16-7-10-4-2-1-3-5-10/h1-5,9H,6-8H2,(H2,15,18)(H,16,20)(H,17,19). The number of aromatic nitrogens is 1. The van der Waals surface area contributed by atoms with E-state index in [0.29, 0.717) is 17.4 Å². The molecule has 0 saturated heterocycles. The molecule has 4 N–H and O–H groups in total. The fraction of sp³-hybridized carbons (Fsp3) is 0.214. The van der Waals surface area contributed by atoms with Crippen LogP contribution in [0.4, 0.5) is 5.13 Å². The Bertz CT molecular complexity index is 612. The van der Waals surface area contributed by atoms with Gasteiger partial charge in [-0.05, 0) is 5.56 Å². The lowest BCUT2D eigenvalue weighted by Gasteiger charge is -2.06. The van der Waals surface area contributed by atoms with Gasteiger partial charge in [0.2, 0.25) is 11.8 Å². The summed E-state index contributed by atoms with van der Waals surface area (Å²) < 4.78 is 0. The van der Waals surface area contributed by atoms with E-state index in [0.717, 1.165) is 5.56 Å². The van der Waals surface area contributed by atoms with Crippen molar-refractivity contribution in [3.8, 4) is 0 Å². The summed E-state index contributed by atoms with van der Waals surface area (Å²) in [6, 6.07) is 9.57. The summed E-state index contributed by atoms with van der Waals surface area (Å²) in [5.41, 5.74) is 7.10. The highest BCUT2D eigenvalue weighted by Crippen LogP contribution is 2.11. The van der Waals surface area contributed by atoms with Crippen LogP contribution in [-0.4, -0.2) is 23.3 Å². The van der Waals surface area contributed by atoms with Crippen LogP contribution in [0, 0.1) is 0 Å². The highest BCUT2D eigenvalue weighted by atomic mass is 32.1. The number of carbonyl (C=O) groups excluding carboxylic acids is 2. The maximum absolute atomic E-state index is 11.6. The summed E-state index contributed by atoms with van der Waals surface area (Å²) in [5, 5.41) is 7.44. The lowest BCUT2D eigenvalue weighted by molar-refractivity contribution is -0.125. The maximum atomic E-state index is 11.6. The molecule has 0 aliphatic rings. The van der Waals surface area contributed by atoms with Crippen LogP contribution in [0.3, 0.4) is 0 Å². The Morgan fingerprint density at radius 2 is 1.90 bits per heavy atom. The van der Waals surface area contributed by atoms with Crippen LogP contribution in [0.5, 0.6) is 0 Å². The number of nitrogens with one attached hydrogen (secondary N) is 2. The molecule has 1 heterocycles. The molecule has 21 heavy (non-hydrogen) atoms. The topological polar surface area (TPSA) is 97.1 Å². The van der Waals surface area contributed by atoms with Gasteiger partial charge in [0, 0.05) is 11.9 Å². The minimum atomic E-state index is -0.254. The van der Waals surface area contributed by atoms with Crippen LogP contribution in [0.1, 0.15) is 11.3 Å². The van der Waals surface area contributed by atoms with Crippen molar-refractivity contribution in [3.05, 3.63) is 47.0 Å². The predicted molar refractivity (Wildman–Crippen MR) is 81.5 cm³/mol. The second kappa shape index (κ2) is 7.39. The van der Waals surface area contributed by atoms with Gasteiger partial charge in [0.05, 0.1) is 18.7 Å². The molecule has 7 heteroatoms. The van der Waals surface area contributed by atoms with Crippen molar-refractivity contribution in [1.82, 2.24) is 15.6 Å². The Morgan fingerprint density at radius 3 is 2.57 bits per heavy atom. The van der Waals surface area contributed by atoms with Gasteiger partial charge in [-0.1, -0.05) is 30.3 Å². The zero-order valence-electron chi connectivity index (χ0n) is 11.3. The Hall–Kier alpha value is -2.41. The Kier molecular flexibility index (Phi) is 5.28. The number of nitrogen functional groups attached to an aromatic ring is 1. The van der Waals surface area contributed by atoms with E-state index < -0.39 is 0 Å². The SMILES string of the molecule is Nc1nc(CC(=O)NCC(=O)NCc2ccccc2)cs1. The molecule has 1 aromatic heterocycles. The van der Waals surface area contributed by atoms with Gasteiger partial charge in [-0.25, -0.2) is 4.98 Å². The van der Waals surface area contributed by atoms with Crippen molar-refractivity contribution in [1.29, 1.82) is 0 Å². The summed E-state index contributed by atoms with van der Waals surface area (Å²) in [4.78, 5) is 27.2. The lowest BCUT2D eigenvalue weighted by Crippen LogP contribution is -2.37. The van der Waals surface area contributed by atoms with Crippen LogP contribution in [-0.2, 0) is 22.6 Å². The van der Waals surface area contributed by atoms with Gasteiger partial charge in [0.1, 0.15) is 0 Å². The first-order valence-electron chi connectivity index (χ1n) is 6.40. The van der Waals surface area contributed by atoms with E-state index in [4.69, 9.17) is 5.73 Å². The third-order valence-electron chi connectivity index (χ3n) is 2.69. The van der Waals surface area contributed by atoms with E-state index >= 15 is 0 Å². The fourth-order valence-electron chi connectivity index (χ4n) is 1.67. The molecule has 0 unspecified atom stereocenters. The number of benzene rings is 1. The van der Waals surface area contributed by atoms with Crippen molar-refractivity contribution in [2.24, 2.45) is 0 Å². The van der Waals surface area contributed by atoms with Crippen molar-refractivity contribution >= 4 is 28.3 Å². The normalized spacial score (nSPS) is 10.1. The van der Waals surface area contributed by atoms with Gasteiger partial charge in [0.25, 0.3) is 0 Å². The number of hydrogen-bond donors (Lipinski definition) is 3. The molecular formula is C14H16N4O2S. The van der Waals surface area contributed by atoms with Crippen molar-refractivity contribution in [2.45, 2.75) is 13.0 Å². The maximum Gasteiger partial charge on any atom is 0.239 e. The molecule has 2 rings (SSSR count). The molecule has 0 radical (unpaired) electrons. The van der Waals surface area contributed by atoms with Crippen LogP contribution >= 0.6 is 11.3 Å². The number of anilines is 1. The molecule has 0 saturated carbocycles.